The molecular formula is C15H25N3O3. The number of rotatable bonds is 2. The number of carbonyl (C=O) groups is 2. The fourth-order valence-electron chi connectivity index (χ4n) is 4.12. The zero-order valence-corrected chi connectivity index (χ0v) is 12.7. The maximum Gasteiger partial charge on any atom is 0.329 e. The van der Waals surface area contributed by atoms with Crippen LogP contribution in [-0.2, 0) is 4.79 Å². The molecule has 2 N–H and O–H groups in total. The van der Waals surface area contributed by atoms with Crippen molar-refractivity contribution in [2.24, 2.45) is 0 Å². The van der Waals surface area contributed by atoms with Crippen molar-refractivity contribution in [3.05, 3.63) is 0 Å². The number of piperidine rings is 1. The van der Waals surface area contributed by atoms with Gasteiger partial charge in [0.25, 0.3) is 0 Å². The largest absolute Gasteiger partial charge is 0.480 e. The quantitative estimate of drug-likeness (QED) is 0.804. The maximum absolute atomic E-state index is 12.5. The molecule has 0 saturated carbocycles. The van der Waals surface area contributed by atoms with Gasteiger partial charge in [-0.25, -0.2) is 9.59 Å². The molecule has 0 aliphatic carbocycles. The molecule has 21 heavy (non-hydrogen) atoms. The number of nitrogens with one attached hydrogen (secondary N) is 1. The molecule has 3 heterocycles. The highest BCUT2D eigenvalue weighted by molar-refractivity contribution is 5.86. The average Bonchev–Trinajstić information content (AvgIpc) is 3.05. The first-order valence-electron chi connectivity index (χ1n) is 8.06. The van der Waals surface area contributed by atoms with Crippen molar-refractivity contribution in [3.63, 3.8) is 0 Å². The first kappa shape index (κ1) is 14.6. The zero-order chi connectivity index (χ0) is 15.0. The van der Waals surface area contributed by atoms with E-state index < -0.39 is 11.5 Å². The number of likely N-dealkylation sites (tertiary alicyclic amines) is 1. The standard InChI is InChI=1S/C15H25N3O3/c1-15(13(19)20)6-3-8-18(15)14(21)16-11-5-9-17-7-2-4-12(17)10-11/h11-12H,2-10H2,1H3,(H,16,21)(H,19,20). The highest BCUT2D eigenvalue weighted by Crippen LogP contribution is 2.30. The van der Waals surface area contributed by atoms with Gasteiger partial charge in [0.15, 0.2) is 0 Å². The highest BCUT2D eigenvalue weighted by Gasteiger charge is 2.46. The van der Waals surface area contributed by atoms with E-state index in [0.29, 0.717) is 19.0 Å². The van der Waals surface area contributed by atoms with E-state index in [-0.39, 0.29) is 12.1 Å². The number of carboxylic acid groups (broad SMARTS) is 1. The van der Waals surface area contributed by atoms with E-state index in [9.17, 15) is 14.7 Å². The average molecular weight is 295 g/mol. The van der Waals surface area contributed by atoms with Crippen LogP contribution in [0.5, 0.6) is 0 Å². The van der Waals surface area contributed by atoms with E-state index in [1.54, 1.807) is 6.92 Å². The number of amides is 2. The van der Waals surface area contributed by atoms with Crippen LogP contribution in [0.25, 0.3) is 0 Å². The normalized spacial score (nSPS) is 36.5. The van der Waals surface area contributed by atoms with Crippen LogP contribution in [0.1, 0.15) is 45.4 Å². The van der Waals surface area contributed by atoms with Gasteiger partial charge in [0.1, 0.15) is 5.54 Å². The third kappa shape index (κ3) is 2.61. The molecule has 2 amide bonds. The van der Waals surface area contributed by atoms with Crippen molar-refractivity contribution in [2.75, 3.05) is 19.6 Å². The van der Waals surface area contributed by atoms with Crippen molar-refractivity contribution in [1.29, 1.82) is 0 Å². The molecular weight excluding hydrogens is 270 g/mol. The summed E-state index contributed by atoms with van der Waals surface area (Å²) in [6.07, 6.45) is 5.76. The summed E-state index contributed by atoms with van der Waals surface area (Å²) in [5.41, 5.74) is -1.04. The van der Waals surface area contributed by atoms with Crippen molar-refractivity contribution < 1.29 is 14.7 Å². The minimum absolute atomic E-state index is 0.190. The number of carbonyl (C=O) groups excluding carboxylic acids is 1. The Bertz CT molecular complexity index is 442. The minimum Gasteiger partial charge on any atom is -0.480 e. The van der Waals surface area contributed by atoms with Crippen LogP contribution in [0.3, 0.4) is 0 Å². The van der Waals surface area contributed by atoms with Crippen LogP contribution in [0.2, 0.25) is 0 Å². The monoisotopic (exact) mass is 295 g/mol. The molecule has 0 aromatic carbocycles. The number of carboxylic acids is 1. The molecule has 3 aliphatic heterocycles. The van der Waals surface area contributed by atoms with Gasteiger partial charge < -0.3 is 20.2 Å². The second-order valence-electron chi connectivity index (χ2n) is 6.84. The van der Waals surface area contributed by atoms with E-state index in [0.717, 1.165) is 25.8 Å². The predicted octanol–water partition coefficient (Wildman–Crippen LogP) is 1.26. The smallest absolute Gasteiger partial charge is 0.329 e. The fourth-order valence-corrected chi connectivity index (χ4v) is 4.12. The molecule has 3 saturated heterocycles. The van der Waals surface area contributed by atoms with Gasteiger partial charge in [-0.05, 0) is 52.0 Å². The Morgan fingerprint density at radius 2 is 2.00 bits per heavy atom. The van der Waals surface area contributed by atoms with E-state index in [1.807, 2.05) is 0 Å². The Balaban J connectivity index is 1.60. The maximum atomic E-state index is 12.5. The number of hydrogen-bond acceptors (Lipinski definition) is 3. The summed E-state index contributed by atoms with van der Waals surface area (Å²) < 4.78 is 0. The van der Waals surface area contributed by atoms with Gasteiger partial charge in [-0.3, -0.25) is 0 Å². The van der Waals surface area contributed by atoms with Crippen LogP contribution in [0, 0.1) is 0 Å². The lowest BCUT2D eigenvalue weighted by atomic mass is 9.97. The zero-order valence-electron chi connectivity index (χ0n) is 12.7. The number of urea groups is 1. The summed E-state index contributed by atoms with van der Waals surface area (Å²) in [4.78, 5) is 27.9. The third-order valence-electron chi connectivity index (χ3n) is 5.49. The lowest BCUT2D eigenvalue weighted by molar-refractivity contribution is -0.147. The van der Waals surface area contributed by atoms with Crippen molar-refractivity contribution in [3.8, 4) is 0 Å². The number of hydrogen-bond donors (Lipinski definition) is 2. The second kappa shape index (κ2) is 5.48. The number of fused-ring (bicyclic) bond motifs is 1. The lowest BCUT2D eigenvalue weighted by Crippen LogP contribution is -2.57. The summed E-state index contributed by atoms with van der Waals surface area (Å²) in [7, 11) is 0. The molecule has 0 bridgehead atoms. The molecule has 3 unspecified atom stereocenters. The van der Waals surface area contributed by atoms with E-state index in [1.165, 1.54) is 24.3 Å². The SMILES string of the molecule is CC1(C(=O)O)CCCN1C(=O)NC1CCN2CCCC2C1. The van der Waals surface area contributed by atoms with Crippen LogP contribution < -0.4 is 5.32 Å². The molecule has 3 atom stereocenters. The Morgan fingerprint density at radius 3 is 2.76 bits per heavy atom. The Hall–Kier alpha value is -1.30. The minimum atomic E-state index is -1.04. The van der Waals surface area contributed by atoms with Gasteiger partial charge in [-0.1, -0.05) is 0 Å². The Labute approximate surface area is 125 Å². The third-order valence-corrected chi connectivity index (χ3v) is 5.49. The van der Waals surface area contributed by atoms with E-state index >= 15 is 0 Å². The van der Waals surface area contributed by atoms with Gasteiger partial charge >= 0.3 is 12.0 Å². The van der Waals surface area contributed by atoms with Gasteiger partial charge in [0.2, 0.25) is 0 Å². The van der Waals surface area contributed by atoms with Gasteiger partial charge in [-0.15, -0.1) is 0 Å². The van der Waals surface area contributed by atoms with Crippen LogP contribution in [0.4, 0.5) is 4.79 Å². The molecule has 3 rings (SSSR count). The fraction of sp³-hybridized carbons (Fsp3) is 0.867. The lowest BCUT2D eigenvalue weighted by Gasteiger charge is -2.37. The first-order valence-corrected chi connectivity index (χ1v) is 8.06. The molecule has 118 valence electrons. The summed E-state index contributed by atoms with van der Waals surface area (Å²) >= 11 is 0. The van der Waals surface area contributed by atoms with E-state index in [2.05, 4.69) is 10.2 Å². The number of nitrogens with zero attached hydrogens (tertiary/aromatic N) is 2. The van der Waals surface area contributed by atoms with Crippen LogP contribution >= 0.6 is 0 Å². The molecule has 3 fully saturated rings. The second-order valence-corrected chi connectivity index (χ2v) is 6.84. The summed E-state index contributed by atoms with van der Waals surface area (Å²) in [6, 6.07) is 0.595. The van der Waals surface area contributed by atoms with Gasteiger partial charge in [-0.2, -0.15) is 0 Å². The first-order chi connectivity index (χ1) is 10.0. The van der Waals surface area contributed by atoms with Crippen LogP contribution in [0.15, 0.2) is 0 Å². The van der Waals surface area contributed by atoms with Crippen molar-refractivity contribution >= 4 is 12.0 Å². The number of aliphatic carboxylic acids is 1. The molecule has 3 aliphatic rings. The molecule has 6 nitrogen and oxygen atoms in total. The molecule has 0 aromatic heterocycles. The predicted molar refractivity (Wildman–Crippen MR) is 78.1 cm³/mol. The van der Waals surface area contributed by atoms with Crippen LogP contribution in [-0.4, -0.2) is 64.2 Å². The molecule has 6 heteroatoms. The van der Waals surface area contributed by atoms with Gasteiger partial charge in [0, 0.05) is 25.2 Å². The van der Waals surface area contributed by atoms with Crippen molar-refractivity contribution in [1.82, 2.24) is 15.1 Å². The Kier molecular flexibility index (Phi) is 3.82. The topological polar surface area (TPSA) is 72.9 Å². The summed E-state index contributed by atoms with van der Waals surface area (Å²) in [5, 5.41) is 12.5. The summed E-state index contributed by atoms with van der Waals surface area (Å²) in [6.45, 7) is 4.43. The highest BCUT2D eigenvalue weighted by atomic mass is 16.4. The molecule has 0 aromatic rings. The van der Waals surface area contributed by atoms with Gasteiger partial charge in [0.05, 0.1) is 0 Å². The van der Waals surface area contributed by atoms with E-state index in [4.69, 9.17) is 0 Å². The summed E-state index contributed by atoms with van der Waals surface area (Å²) in [5.74, 6) is -0.902. The molecule has 0 spiro atoms. The van der Waals surface area contributed by atoms with Crippen molar-refractivity contribution in [2.45, 2.75) is 63.1 Å². The Morgan fingerprint density at radius 1 is 1.19 bits per heavy atom. The molecule has 0 radical (unpaired) electrons.